The molecule has 0 amide bonds. The lowest BCUT2D eigenvalue weighted by molar-refractivity contribution is -0.383. The number of aromatic hydroxyl groups is 1. The number of benzene rings is 1. The highest BCUT2D eigenvalue weighted by Gasteiger charge is 2.60. The van der Waals surface area contributed by atoms with E-state index in [9.17, 15) is 45.6 Å². The molecule has 14 nitrogen and oxygen atoms in total. The fourth-order valence-corrected chi connectivity index (χ4v) is 3.90. The number of aliphatic hydroxyl groups is 7. The normalized spacial score (nSPS) is 36.8. The monoisotopic (exact) mass is 518 g/mol. The summed E-state index contributed by atoms with van der Waals surface area (Å²) in [6.45, 7) is -2.59. The van der Waals surface area contributed by atoms with Crippen LogP contribution < -0.4 is 4.74 Å². The van der Waals surface area contributed by atoms with Gasteiger partial charge in [0.25, 0.3) is 0 Å². The SMILES string of the molecule is COc1cc(/C=C/C(=O)O[C@@H]2[C@@H](O)[C@H](CO)O[C@]2(CO)O[C@@H]2O[C@@H](CO)[C@H](O)[C@@H](O)[C@@H]2O)ccc1O. The Bertz CT molecular complexity index is 922. The van der Waals surface area contributed by atoms with E-state index in [1.165, 1.54) is 31.4 Å². The van der Waals surface area contributed by atoms with Crippen molar-refractivity contribution in [2.75, 3.05) is 26.9 Å². The molecule has 2 heterocycles. The molecule has 0 aliphatic carbocycles. The maximum Gasteiger partial charge on any atom is 0.331 e. The van der Waals surface area contributed by atoms with Crippen LogP contribution in [0.15, 0.2) is 24.3 Å². The van der Waals surface area contributed by atoms with E-state index < -0.39 is 80.6 Å². The molecule has 202 valence electrons. The maximum atomic E-state index is 12.5. The third-order valence-electron chi connectivity index (χ3n) is 5.90. The van der Waals surface area contributed by atoms with E-state index in [0.29, 0.717) is 5.56 Å². The predicted octanol–water partition coefficient (Wildman–Crippen LogP) is -3.42. The van der Waals surface area contributed by atoms with Gasteiger partial charge in [-0.2, -0.15) is 0 Å². The lowest BCUT2D eigenvalue weighted by atomic mass is 9.99. The number of aliphatic hydroxyl groups excluding tert-OH is 7. The van der Waals surface area contributed by atoms with Crippen LogP contribution in [0.2, 0.25) is 0 Å². The van der Waals surface area contributed by atoms with Crippen LogP contribution in [-0.2, 0) is 23.7 Å². The number of rotatable bonds is 9. The fourth-order valence-electron chi connectivity index (χ4n) is 3.90. The summed E-state index contributed by atoms with van der Waals surface area (Å²) in [5.41, 5.74) is 0.448. The Hall–Kier alpha value is -2.37. The lowest BCUT2D eigenvalue weighted by Gasteiger charge is -2.43. The van der Waals surface area contributed by atoms with Crippen molar-refractivity contribution >= 4 is 12.0 Å². The first-order valence-electron chi connectivity index (χ1n) is 10.9. The van der Waals surface area contributed by atoms with Crippen molar-refractivity contribution in [3.05, 3.63) is 29.8 Å². The second-order valence-electron chi connectivity index (χ2n) is 8.24. The molecule has 0 spiro atoms. The zero-order valence-corrected chi connectivity index (χ0v) is 19.2. The van der Waals surface area contributed by atoms with Crippen molar-refractivity contribution in [1.29, 1.82) is 0 Å². The van der Waals surface area contributed by atoms with Gasteiger partial charge in [-0.25, -0.2) is 4.79 Å². The minimum absolute atomic E-state index is 0.114. The molecule has 2 fully saturated rings. The molecule has 8 N–H and O–H groups in total. The zero-order chi connectivity index (χ0) is 26.6. The molecule has 0 unspecified atom stereocenters. The largest absolute Gasteiger partial charge is 0.504 e. The number of phenolic OH excluding ortho intramolecular Hbond substituents is 1. The molecule has 2 aliphatic heterocycles. The molecule has 0 bridgehead atoms. The van der Waals surface area contributed by atoms with Gasteiger partial charge in [-0.1, -0.05) is 6.07 Å². The molecule has 36 heavy (non-hydrogen) atoms. The van der Waals surface area contributed by atoms with Crippen molar-refractivity contribution < 1.29 is 69.3 Å². The van der Waals surface area contributed by atoms with E-state index in [0.717, 1.165) is 6.08 Å². The van der Waals surface area contributed by atoms with E-state index >= 15 is 0 Å². The van der Waals surface area contributed by atoms with Gasteiger partial charge in [0, 0.05) is 6.08 Å². The quantitative estimate of drug-likeness (QED) is 0.118. The van der Waals surface area contributed by atoms with Crippen LogP contribution in [0.5, 0.6) is 11.5 Å². The Labute approximate surface area is 205 Å². The van der Waals surface area contributed by atoms with E-state index in [1.54, 1.807) is 0 Å². The Kier molecular flexibility index (Phi) is 9.23. The molecular formula is C22H30O14. The minimum atomic E-state index is -2.37. The van der Waals surface area contributed by atoms with Crippen molar-refractivity contribution in [2.24, 2.45) is 0 Å². The topological polar surface area (TPSA) is 225 Å². The van der Waals surface area contributed by atoms with Crippen LogP contribution in [0.1, 0.15) is 5.56 Å². The Balaban J connectivity index is 1.81. The van der Waals surface area contributed by atoms with Gasteiger partial charge < -0.3 is 64.5 Å². The highest BCUT2D eigenvalue weighted by molar-refractivity contribution is 5.87. The van der Waals surface area contributed by atoms with Gasteiger partial charge in [0.15, 0.2) is 23.9 Å². The smallest absolute Gasteiger partial charge is 0.331 e. The number of methoxy groups -OCH3 is 1. The zero-order valence-electron chi connectivity index (χ0n) is 19.2. The maximum absolute atomic E-state index is 12.5. The predicted molar refractivity (Wildman–Crippen MR) is 116 cm³/mol. The molecule has 0 radical (unpaired) electrons. The van der Waals surface area contributed by atoms with Gasteiger partial charge in [-0.05, 0) is 23.8 Å². The van der Waals surface area contributed by atoms with Gasteiger partial charge in [-0.15, -0.1) is 0 Å². The summed E-state index contributed by atoms with van der Waals surface area (Å²) >= 11 is 0. The van der Waals surface area contributed by atoms with Crippen molar-refractivity contribution in [3.63, 3.8) is 0 Å². The van der Waals surface area contributed by atoms with Gasteiger partial charge in [0.1, 0.15) is 43.2 Å². The number of hydrogen-bond acceptors (Lipinski definition) is 14. The van der Waals surface area contributed by atoms with E-state index in [2.05, 4.69) is 0 Å². The van der Waals surface area contributed by atoms with Crippen LogP contribution in [0.25, 0.3) is 6.08 Å². The number of phenols is 1. The molecule has 14 heteroatoms. The Morgan fingerprint density at radius 2 is 1.72 bits per heavy atom. The molecule has 2 saturated heterocycles. The summed E-state index contributed by atoms with van der Waals surface area (Å²) in [7, 11) is 1.35. The second kappa shape index (κ2) is 11.8. The molecule has 9 atom stereocenters. The third kappa shape index (κ3) is 5.63. The van der Waals surface area contributed by atoms with Crippen LogP contribution in [-0.4, -0.2) is 129 Å². The average molecular weight is 518 g/mol. The van der Waals surface area contributed by atoms with E-state index in [4.69, 9.17) is 23.7 Å². The highest BCUT2D eigenvalue weighted by Crippen LogP contribution is 2.38. The molecular weight excluding hydrogens is 488 g/mol. The number of ether oxygens (including phenoxy) is 5. The van der Waals surface area contributed by atoms with Gasteiger partial charge in [0.2, 0.25) is 5.79 Å². The summed E-state index contributed by atoms with van der Waals surface area (Å²) in [6, 6.07) is 4.27. The Morgan fingerprint density at radius 3 is 2.33 bits per heavy atom. The van der Waals surface area contributed by atoms with Crippen molar-refractivity contribution in [1.82, 2.24) is 0 Å². The third-order valence-corrected chi connectivity index (χ3v) is 5.90. The summed E-state index contributed by atoms with van der Waals surface area (Å²) < 4.78 is 26.5. The molecule has 1 aromatic carbocycles. The molecule has 2 aliphatic rings. The summed E-state index contributed by atoms with van der Waals surface area (Å²) in [4.78, 5) is 12.5. The van der Waals surface area contributed by atoms with Gasteiger partial charge in [-0.3, -0.25) is 0 Å². The van der Waals surface area contributed by atoms with Crippen molar-refractivity contribution in [2.45, 2.75) is 54.8 Å². The number of carbonyl (C=O) groups excluding carboxylic acids is 1. The molecule has 0 aromatic heterocycles. The van der Waals surface area contributed by atoms with Crippen LogP contribution in [0, 0.1) is 0 Å². The number of esters is 1. The minimum Gasteiger partial charge on any atom is -0.504 e. The second-order valence-corrected chi connectivity index (χ2v) is 8.24. The molecule has 3 rings (SSSR count). The van der Waals surface area contributed by atoms with Crippen molar-refractivity contribution in [3.8, 4) is 11.5 Å². The van der Waals surface area contributed by atoms with Gasteiger partial charge >= 0.3 is 5.97 Å². The standard InChI is InChI=1S/C22H30O14/c1-32-12-6-10(2-4-11(12)26)3-5-15(27)34-20-17(29)14(8-24)35-22(20,9-25)36-21-19(31)18(30)16(28)13(7-23)33-21/h2-6,13-14,16-21,23-26,28-31H,7-9H2,1H3/b5-3+/t13-,14-,16-,17-,18+,19-,20+,21-,22+/m0/s1. The fraction of sp³-hybridized carbons (Fsp3) is 0.591. The van der Waals surface area contributed by atoms with E-state index in [-0.39, 0.29) is 11.5 Å². The first-order valence-corrected chi connectivity index (χ1v) is 10.9. The summed E-state index contributed by atoms with van der Waals surface area (Å²) in [5, 5.41) is 79.5. The van der Waals surface area contributed by atoms with Crippen LogP contribution in [0.3, 0.4) is 0 Å². The van der Waals surface area contributed by atoms with E-state index in [1.807, 2.05) is 0 Å². The first kappa shape index (κ1) is 28.2. The molecule has 1 aromatic rings. The average Bonchev–Trinajstić information content (AvgIpc) is 3.14. The number of hydrogen-bond donors (Lipinski definition) is 8. The highest BCUT2D eigenvalue weighted by atomic mass is 16.8. The Morgan fingerprint density at radius 1 is 1.03 bits per heavy atom. The van der Waals surface area contributed by atoms with Crippen LogP contribution in [0.4, 0.5) is 0 Å². The summed E-state index contributed by atoms with van der Waals surface area (Å²) in [5.74, 6) is -3.35. The van der Waals surface area contributed by atoms with Crippen LogP contribution >= 0.6 is 0 Å². The van der Waals surface area contributed by atoms with Gasteiger partial charge in [0.05, 0.1) is 20.3 Å². The number of carbonyl (C=O) groups is 1. The first-order chi connectivity index (χ1) is 17.1. The molecule has 0 saturated carbocycles. The summed E-state index contributed by atoms with van der Waals surface area (Å²) in [6.07, 6.45) is -11.1. The lowest BCUT2D eigenvalue weighted by Crippen LogP contribution is -2.63.